The molecule has 21 heterocycles. The van der Waals surface area contributed by atoms with E-state index in [2.05, 4.69) is 0 Å². The van der Waals surface area contributed by atoms with E-state index in [0.717, 1.165) is 23.5 Å². The van der Waals surface area contributed by atoms with Crippen LogP contribution in [0.1, 0.15) is 0 Å². The second-order valence-electron chi connectivity index (χ2n) is 22.3. The zero-order chi connectivity index (χ0) is 65.2. The van der Waals surface area contributed by atoms with E-state index in [1.807, 2.05) is 0 Å². The Bertz CT molecular complexity index is 2200. The average molecular weight is 1340 g/mol. The smallest absolute Gasteiger partial charge is 0.321 e. The van der Waals surface area contributed by atoms with E-state index >= 15 is 0 Å². The van der Waals surface area contributed by atoms with Gasteiger partial charge in [-0.1, -0.05) is 0 Å². The van der Waals surface area contributed by atoms with Crippen molar-refractivity contribution in [3.8, 4) is 0 Å². The predicted molar refractivity (Wildman–Crippen MR) is 280 cm³/mol. The van der Waals surface area contributed by atoms with Crippen molar-refractivity contribution in [1.29, 1.82) is 0 Å². The normalized spacial score (nSPS) is 50.1. The monoisotopic (exact) mass is 1340 g/mol. The summed E-state index contributed by atoms with van der Waals surface area (Å²) < 4.78 is 81.6. The molecule has 89 heavy (non-hydrogen) atoms. The van der Waals surface area contributed by atoms with E-state index in [0.29, 0.717) is 0 Å². The van der Waals surface area contributed by atoms with Crippen LogP contribution in [-0.2, 0) is 75.9 Å². The van der Waals surface area contributed by atoms with Crippen LogP contribution in [0.5, 0.6) is 0 Å². The van der Waals surface area contributed by atoms with Crippen molar-refractivity contribution in [3.63, 3.8) is 0 Å². The molecule has 0 spiro atoms. The first kappa shape index (κ1) is 73.1. The van der Waals surface area contributed by atoms with Crippen LogP contribution < -0.4 is 11.5 Å². The van der Waals surface area contributed by atoms with Gasteiger partial charge in [0.15, 0.2) is 44.0 Å². The molecule has 21 fully saturated rings. The van der Waals surface area contributed by atoms with Crippen molar-refractivity contribution in [2.75, 3.05) is 56.0 Å². The summed E-state index contributed by atoms with van der Waals surface area (Å²) >= 11 is 1.60. The highest BCUT2D eigenvalue weighted by atomic mass is 32.2. The number of aliphatic carboxylic acids is 2. The maximum Gasteiger partial charge on any atom is 0.321 e. The number of hydrogen-bond donors (Lipinski definition) is 23. The molecule has 0 saturated carbocycles. The molecule has 14 unspecified atom stereocenters. The Morgan fingerprint density at radius 3 is 0.596 bits per heavy atom. The fourth-order valence-corrected chi connectivity index (χ4v) is 13.2. The molecule has 21 aliphatic rings. The maximum absolute atomic E-state index is 11.7. The Hall–Kier alpha value is -1.76. The van der Waals surface area contributed by atoms with Crippen LogP contribution in [0.25, 0.3) is 0 Å². The fraction of sp³-hybridized carbons (Fsp3) is 0.958. The van der Waals surface area contributed by atoms with Crippen LogP contribution in [0.4, 0.5) is 0 Å². The highest BCUT2D eigenvalue weighted by Crippen LogP contribution is 2.40. The van der Waals surface area contributed by atoms with Gasteiger partial charge in [0, 0.05) is 23.0 Å². The van der Waals surface area contributed by atoms with Crippen molar-refractivity contribution in [2.24, 2.45) is 11.5 Å². The molecule has 0 amide bonds. The summed E-state index contributed by atoms with van der Waals surface area (Å²) in [4.78, 5) is 23.2. The number of aliphatic hydroxyl groups is 19. The van der Waals surface area contributed by atoms with Gasteiger partial charge in [-0.05, 0) is 0 Å². The molecule has 37 atom stereocenters. The largest absolute Gasteiger partial charge is 0.480 e. The minimum atomic E-state index is -2.27. The minimum absolute atomic E-state index is 0.319. The third-order valence-corrected chi connectivity index (χ3v) is 18.5. The van der Waals surface area contributed by atoms with Gasteiger partial charge in [-0.2, -0.15) is 23.5 Å². The number of ether oxygens (including phenoxy) is 14. The molecule has 21 rings (SSSR count). The van der Waals surface area contributed by atoms with E-state index in [-0.39, 0.29) is 11.5 Å². The van der Waals surface area contributed by atoms with Crippen LogP contribution in [-0.4, -0.2) is 402 Å². The molecule has 0 aliphatic carbocycles. The molecule has 41 heteroatoms. The summed E-state index contributed by atoms with van der Waals surface area (Å²) in [6.45, 7) is -5.43. The van der Waals surface area contributed by atoms with Crippen LogP contribution in [0, 0.1) is 0 Å². The average Bonchev–Trinajstić information content (AvgIpc) is 0.983. The number of nitrogens with two attached hydrogens (primary N) is 2. The number of carbonyl (C=O) groups is 2. The first-order chi connectivity index (χ1) is 42.2. The maximum atomic E-state index is 11.7. The predicted octanol–water partition coefficient (Wildman–Crippen LogP) is -14.9. The Morgan fingerprint density at radius 2 is 0.438 bits per heavy atom. The van der Waals surface area contributed by atoms with Crippen LogP contribution in [0.15, 0.2) is 0 Å². The number of carboxylic acid groups (broad SMARTS) is 2. The lowest BCUT2D eigenvalue weighted by Gasteiger charge is -2.50. The van der Waals surface area contributed by atoms with Crippen molar-refractivity contribution in [3.05, 3.63) is 0 Å². The Morgan fingerprint density at radius 1 is 0.281 bits per heavy atom. The van der Waals surface area contributed by atoms with Crippen molar-refractivity contribution < 1.29 is 183 Å². The molecule has 25 N–H and O–H groups in total. The lowest BCUT2D eigenvalue weighted by atomic mass is 9.95. The van der Waals surface area contributed by atoms with E-state index in [1.165, 1.54) is 0 Å². The lowest BCUT2D eigenvalue weighted by Crippen LogP contribution is -2.68. The van der Waals surface area contributed by atoms with Crippen LogP contribution >= 0.6 is 23.5 Å². The SMILES string of the molecule is N[C@H](CSCC1O[C@@H]2O[C@@H]3C(CO)O[C@@H](O[C@@H]4C(CO)O[C@@H](O[C@@H]5C(CSC[C@@H](N)C(=O)O)O[C@@H](O[C@@H]6C(CO)O[C@@H](O[C@@H]7C(CO)O[C@H](O[C@@H]8C(CO)O[C@H](O[C@H]1[C@H](O)C2O)C(O)[C@H]8O)C(O)[C@H]7O)C(O)[C@H]6O)C(O)[C@H]5O)C(O)[C@@H]4O)C(O)[C@H]3O)C(=O)O. The van der Waals surface area contributed by atoms with E-state index in [1.54, 1.807) is 0 Å². The van der Waals surface area contributed by atoms with Gasteiger partial charge in [0.05, 0.1) is 45.2 Å². The molecular weight excluding hydrogens is 1260 g/mol. The van der Waals surface area contributed by atoms with Gasteiger partial charge < -0.3 is 185 Å². The first-order valence-corrected chi connectivity index (χ1v) is 30.4. The zero-order valence-electron chi connectivity index (χ0n) is 46.6. The summed E-state index contributed by atoms with van der Waals surface area (Å²) in [5.74, 6) is -4.26. The molecule has 21 aliphatic heterocycles. The van der Waals surface area contributed by atoms with Gasteiger partial charge in [0.1, 0.15) is 171 Å². The van der Waals surface area contributed by atoms with Gasteiger partial charge in [-0.25, -0.2) is 0 Å². The summed E-state index contributed by atoms with van der Waals surface area (Å²) in [6, 6.07) is -2.94. The third kappa shape index (κ3) is 15.9. The van der Waals surface area contributed by atoms with Crippen molar-refractivity contribution >= 4 is 35.5 Å². The topological polar surface area (TPSA) is 640 Å². The molecule has 0 aromatic carbocycles. The van der Waals surface area contributed by atoms with Gasteiger partial charge in [-0.15, -0.1) is 0 Å². The highest BCUT2D eigenvalue weighted by Gasteiger charge is 2.60. The highest BCUT2D eigenvalue weighted by molar-refractivity contribution is 7.99. The Labute approximate surface area is 511 Å². The first-order valence-electron chi connectivity index (χ1n) is 28.1. The molecule has 0 aromatic heterocycles. The molecule has 516 valence electrons. The van der Waals surface area contributed by atoms with Gasteiger partial charge in [0.25, 0.3) is 0 Å². The number of aliphatic hydroxyl groups excluding tert-OH is 19. The minimum Gasteiger partial charge on any atom is -0.480 e. The summed E-state index contributed by atoms with van der Waals surface area (Å²) in [5, 5.41) is 233. The third-order valence-electron chi connectivity index (χ3n) is 16.2. The standard InChI is InChI=1S/C48H80N2O37S2/c49-10(40(70)71)6-88-8-17-38-25(62)32(69)48(80-17)85-37-16(5-55)76-44(28(65)21(37)58)83-35-14(3-53)78-46(30(67)23(35)60)87-39-18(9-89-7-11(50)41(72)73)79-47(31(68)24(39)61)84-36-15(4-54)75-43(27(64)20(36)57)81-33-12(1-51)74-42(26(63)19(33)56)82-34-13(2-52)77-45(86-38)29(66)22(34)59/h10-39,42-48,51-69H,1-9,49-50H2,(H,70,71)(H,72,73)/t10-,11-,12?,13?,14?,15?,16?,17?,18?,19-,20-,21-,22-,23+,24-,25-,26?,27?,28?,29?,30?,31?,32?,33-,34-,35-,36-,37-,38-,39-,42-,43+,44+,45-,46+,47+,48-/m1/s1. The van der Waals surface area contributed by atoms with Gasteiger partial charge >= 0.3 is 11.9 Å². The lowest BCUT2D eigenvalue weighted by molar-refractivity contribution is -0.395. The number of carboxylic acids is 2. The summed E-state index contributed by atoms with van der Waals surface area (Å²) in [6.07, 6.45) is -71.4. The van der Waals surface area contributed by atoms with Gasteiger partial charge in [-0.3, -0.25) is 9.59 Å². The van der Waals surface area contributed by atoms with Crippen molar-refractivity contribution in [2.45, 2.75) is 227 Å². The molecule has 14 bridgehead atoms. The second-order valence-corrected chi connectivity index (χ2v) is 24.4. The van der Waals surface area contributed by atoms with Crippen LogP contribution in [0.3, 0.4) is 0 Å². The second kappa shape index (κ2) is 31.9. The summed E-state index contributed by atoms with van der Waals surface area (Å²) in [5.41, 5.74) is 11.4. The molecule has 0 aromatic rings. The van der Waals surface area contributed by atoms with E-state index < -0.39 is 284 Å². The molecule has 39 nitrogen and oxygen atoms in total. The van der Waals surface area contributed by atoms with Crippen LogP contribution in [0.2, 0.25) is 0 Å². The van der Waals surface area contributed by atoms with Gasteiger partial charge in [0.2, 0.25) is 0 Å². The fourth-order valence-electron chi connectivity index (χ4n) is 11.2. The number of thioether (sulfide) groups is 2. The quantitative estimate of drug-likeness (QED) is 0.0724. The number of rotatable bonds is 15. The number of hydrogen-bond acceptors (Lipinski definition) is 39. The Kier molecular flexibility index (Phi) is 26.2. The van der Waals surface area contributed by atoms with E-state index in [4.69, 9.17) is 77.8 Å². The van der Waals surface area contributed by atoms with E-state index in [9.17, 15) is 117 Å². The summed E-state index contributed by atoms with van der Waals surface area (Å²) in [7, 11) is 0. The van der Waals surface area contributed by atoms with Crippen molar-refractivity contribution in [1.82, 2.24) is 0 Å². The molecular formula is C48H80N2O37S2. The molecule has 21 saturated heterocycles. The Balaban J connectivity index is 1.11. The molecule has 0 radical (unpaired) electrons. The zero-order valence-corrected chi connectivity index (χ0v) is 48.3.